The third-order valence-corrected chi connectivity index (χ3v) is 2.90. The van der Waals surface area contributed by atoms with Crippen molar-refractivity contribution in [2.75, 3.05) is 0 Å². The van der Waals surface area contributed by atoms with E-state index in [1.54, 1.807) is 30.6 Å². The van der Waals surface area contributed by atoms with Crippen molar-refractivity contribution in [2.24, 2.45) is 0 Å². The molecule has 1 aromatic heterocycles. The molecule has 1 amide bonds. The highest BCUT2D eigenvalue weighted by Gasteiger charge is 2.15. The number of carbonyl (C=O) groups excluding carboxylic acids is 1. The van der Waals surface area contributed by atoms with E-state index < -0.39 is 0 Å². The summed E-state index contributed by atoms with van der Waals surface area (Å²) in [5, 5.41) is 2.85. The van der Waals surface area contributed by atoms with Gasteiger partial charge in [-0.05, 0) is 18.1 Å². The third kappa shape index (κ3) is 3.40. The summed E-state index contributed by atoms with van der Waals surface area (Å²) >= 11 is 0. The molecule has 0 fully saturated rings. The van der Waals surface area contributed by atoms with Gasteiger partial charge in [0.05, 0.1) is 12.5 Å². The standard InChI is InChI=1S/C14H16FN3O/c1-2-12(14-16-7-8-17-14)18-13(19)9-10-5-3-4-6-11(10)15/h3-8,12H,2,9H2,1H3,(H,16,17)(H,18,19). The summed E-state index contributed by atoms with van der Waals surface area (Å²) in [6, 6.07) is 6.12. The van der Waals surface area contributed by atoms with Crippen LogP contribution in [0.3, 0.4) is 0 Å². The predicted molar refractivity (Wildman–Crippen MR) is 69.9 cm³/mol. The summed E-state index contributed by atoms with van der Waals surface area (Å²) < 4.78 is 13.4. The van der Waals surface area contributed by atoms with E-state index in [1.165, 1.54) is 6.07 Å². The van der Waals surface area contributed by atoms with E-state index in [2.05, 4.69) is 15.3 Å². The van der Waals surface area contributed by atoms with Gasteiger partial charge in [0.1, 0.15) is 11.6 Å². The van der Waals surface area contributed by atoms with Crippen molar-refractivity contribution in [3.05, 3.63) is 53.9 Å². The maximum Gasteiger partial charge on any atom is 0.225 e. The minimum atomic E-state index is -0.358. The average Bonchev–Trinajstić information content (AvgIpc) is 2.92. The second-order valence-corrected chi connectivity index (χ2v) is 4.27. The van der Waals surface area contributed by atoms with Crippen LogP contribution in [0.2, 0.25) is 0 Å². The van der Waals surface area contributed by atoms with Gasteiger partial charge in [-0.15, -0.1) is 0 Å². The number of aromatic amines is 1. The van der Waals surface area contributed by atoms with E-state index in [0.29, 0.717) is 11.4 Å². The highest BCUT2D eigenvalue weighted by Crippen LogP contribution is 2.12. The predicted octanol–water partition coefficient (Wildman–Crippen LogP) is 2.36. The van der Waals surface area contributed by atoms with Crippen molar-refractivity contribution >= 4 is 5.91 Å². The summed E-state index contributed by atoms with van der Waals surface area (Å²) in [5.41, 5.74) is 0.397. The summed E-state index contributed by atoms with van der Waals surface area (Å²) in [4.78, 5) is 19.0. The van der Waals surface area contributed by atoms with E-state index in [9.17, 15) is 9.18 Å². The van der Waals surface area contributed by atoms with Gasteiger partial charge >= 0.3 is 0 Å². The molecule has 100 valence electrons. The summed E-state index contributed by atoms with van der Waals surface area (Å²) in [7, 11) is 0. The number of nitrogens with one attached hydrogen (secondary N) is 2. The van der Waals surface area contributed by atoms with Crippen molar-refractivity contribution in [1.82, 2.24) is 15.3 Å². The molecule has 19 heavy (non-hydrogen) atoms. The lowest BCUT2D eigenvalue weighted by Crippen LogP contribution is -2.30. The number of benzene rings is 1. The number of hydrogen-bond acceptors (Lipinski definition) is 2. The van der Waals surface area contributed by atoms with Crippen LogP contribution in [0, 0.1) is 5.82 Å². The fourth-order valence-electron chi connectivity index (χ4n) is 1.89. The molecule has 2 rings (SSSR count). The Bertz CT molecular complexity index is 539. The first-order valence-corrected chi connectivity index (χ1v) is 6.22. The number of nitrogens with zero attached hydrogens (tertiary/aromatic N) is 1. The lowest BCUT2D eigenvalue weighted by atomic mass is 10.1. The van der Waals surface area contributed by atoms with Gasteiger partial charge in [0, 0.05) is 12.4 Å². The fourth-order valence-corrected chi connectivity index (χ4v) is 1.89. The van der Waals surface area contributed by atoms with Gasteiger partial charge in [0.2, 0.25) is 5.91 Å². The Balaban J connectivity index is 1.99. The Kier molecular flexibility index (Phi) is 4.28. The molecule has 2 N–H and O–H groups in total. The van der Waals surface area contributed by atoms with Crippen LogP contribution in [-0.2, 0) is 11.2 Å². The van der Waals surface area contributed by atoms with E-state index in [-0.39, 0.29) is 24.2 Å². The van der Waals surface area contributed by atoms with Gasteiger partial charge in [-0.3, -0.25) is 4.79 Å². The molecule has 1 aromatic carbocycles. The third-order valence-electron chi connectivity index (χ3n) is 2.90. The zero-order valence-electron chi connectivity index (χ0n) is 10.7. The maximum atomic E-state index is 13.4. The molecular formula is C14H16FN3O. The van der Waals surface area contributed by atoms with Crippen molar-refractivity contribution < 1.29 is 9.18 Å². The van der Waals surface area contributed by atoms with Gasteiger partial charge in [-0.2, -0.15) is 0 Å². The maximum absolute atomic E-state index is 13.4. The molecular weight excluding hydrogens is 245 g/mol. The SMILES string of the molecule is CCC(NC(=O)Cc1ccccc1F)c1ncc[nH]1. The molecule has 0 aliphatic carbocycles. The summed E-state index contributed by atoms with van der Waals surface area (Å²) in [6.07, 6.45) is 4.10. The Labute approximate surface area is 111 Å². The molecule has 0 bridgehead atoms. The largest absolute Gasteiger partial charge is 0.347 e. The van der Waals surface area contributed by atoms with Crippen LogP contribution >= 0.6 is 0 Å². The van der Waals surface area contributed by atoms with E-state index in [0.717, 1.165) is 6.42 Å². The zero-order valence-corrected chi connectivity index (χ0v) is 10.7. The topological polar surface area (TPSA) is 57.8 Å². The van der Waals surface area contributed by atoms with Crippen LogP contribution in [0.4, 0.5) is 4.39 Å². The van der Waals surface area contributed by atoms with E-state index >= 15 is 0 Å². The smallest absolute Gasteiger partial charge is 0.225 e. The van der Waals surface area contributed by atoms with E-state index in [4.69, 9.17) is 0 Å². The molecule has 1 heterocycles. The molecule has 4 nitrogen and oxygen atoms in total. The number of halogens is 1. The highest BCUT2D eigenvalue weighted by atomic mass is 19.1. The van der Waals surface area contributed by atoms with E-state index in [1.807, 2.05) is 6.92 Å². The monoisotopic (exact) mass is 261 g/mol. The van der Waals surface area contributed by atoms with Crippen molar-refractivity contribution in [3.8, 4) is 0 Å². The Morgan fingerprint density at radius 3 is 2.89 bits per heavy atom. The molecule has 2 aromatic rings. The zero-order chi connectivity index (χ0) is 13.7. The first-order chi connectivity index (χ1) is 9.20. The van der Waals surface area contributed by atoms with Gasteiger partial charge in [0.15, 0.2) is 0 Å². The second-order valence-electron chi connectivity index (χ2n) is 4.27. The molecule has 1 atom stereocenters. The Morgan fingerprint density at radius 2 is 2.26 bits per heavy atom. The minimum absolute atomic E-state index is 0.0316. The van der Waals surface area contributed by atoms with Crippen LogP contribution in [0.25, 0.3) is 0 Å². The lowest BCUT2D eigenvalue weighted by Gasteiger charge is -2.14. The normalized spacial score (nSPS) is 12.1. The first-order valence-electron chi connectivity index (χ1n) is 6.22. The lowest BCUT2D eigenvalue weighted by molar-refractivity contribution is -0.121. The van der Waals surface area contributed by atoms with Crippen LogP contribution in [0.15, 0.2) is 36.7 Å². The van der Waals surface area contributed by atoms with Crippen molar-refractivity contribution in [1.29, 1.82) is 0 Å². The number of H-pyrrole nitrogens is 1. The molecule has 5 heteroatoms. The van der Waals surface area contributed by atoms with Gasteiger partial charge < -0.3 is 10.3 Å². The minimum Gasteiger partial charge on any atom is -0.347 e. The number of amides is 1. The van der Waals surface area contributed by atoms with Crippen LogP contribution < -0.4 is 5.32 Å². The quantitative estimate of drug-likeness (QED) is 0.868. The van der Waals surface area contributed by atoms with Gasteiger partial charge in [0.25, 0.3) is 0 Å². The number of imidazole rings is 1. The van der Waals surface area contributed by atoms with Crippen molar-refractivity contribution in [2.45, 2.75) is 25.8 Å². The Hall–Kier alpha value is -2.17. The van der Waals surface area contributed by atoms with Crippen molar-refractivity contribution in [3.63, 3.8) is 0 Å². The number of hydrogen-bond donors (Lipinski definition) is 2. The molecule has 0 radical (unpaired) electrons. The van der Waals surface area contributed by atoms with Gasteiger partial charge in [-0.1, -0.05) is 25.1 Å². The van der Waals surface area contributed by atoms with Crippen LogP contribution in [0.1, 0.15) is 30.8 Å². The number of aromatic nitrogens is 2. The fraction of sp³-hybridized carbons (Fsp3) is 0.286. The molecule has 0 saturated carbocycles. The van der Waals surface area contributed by atoms with Gasteiger partial charge in [-0.25, -0.2) is 9.37 Å². The number of rotatable bonds is 5. The molecule has 0 saturated heterocycles. The molecule has 1 unspecified atom stereocenters. The molecule has 0 aliphatic heterocycles. The first kappa shape index (κ1) is 13.3. The molecule has 0 aliphatic rings. The molecule has 0 spiro atoms. The second kappa shape index (κ2) is 6.13. The average molecular weight is 261 g/mol. The van der Waals surface area contributed by atoms with Crippen LogP contribution in [0.5, 0.6) is 0 Å². The van der Waals surface area contributed by atoms with Crippen LogP contribution in [-0.4, -0.2) is 15.9 Å². The highest BCUT2D eigenvalue weighted by molar-refractivity contribution is 5.78. The Morgan fingerprint density at radius 1 is 1.47 bits per heavy atom. The summed E-state index contributed by atoms with van der Waals surface area (Å²) in [5.74, 6) is 0.140. The number of carbonyl (C=O) groups is 1. The summed E-state index contributed by atoms with van der Waals surface area (Å²) in [6.45, 7) is 1.95.